The Morgan fingerprint density at radius 1 is 1.17 bits per heavy atom. The van der Waals surface area contributed by atoms with Crippen molar-refractivity contribution >= 4 is 28.2 Å². The molecule has 2 atom stereocenters. The fourth-order valence-electron chi connectivity index (χ4n) is 6.05. The van der Waals surface area contributed by atoms with Crippen molar-refractivity contribution in [3.05, 3.63) is 78.3 Å². The van der Waals surface area contributed by atoms with Crippen molar-refractivity contribution in [2.75, 3.05) is 33.4 Å². The monoisotopic (exact) mass is 550 g/mol. The number of benzene rings is 1. The number of carbonyl (C=O) groups excluding carboxylic acids is 1. The molecule has 8 heteroatoms. The quantitative estimate of drug-likeness (QED) is 0.330. The molecular formula is C33H38N6O2. The minimum absolute atomic E-state index is 0.0461. The lowest BCUT2D eigenvalue weighted by Crippen LogP contribution is -2.45. The van der Waals surface area contributed by atoms with Crippen LogP contribution in [0.2, 0.25) is 0 Å². The summed E-state index contributed by atoms with van der Waals surface area (Å²) in [5, 5.41) is 8.72. The van der Waals surface area contributed by atoms with Crippen LogP contribution in [0.3, 0.4) is 0 Å². The second kappa shape index (κ2) is 11.9. The highest BCUT2D eigenvalue weighted by atomic mass is 16.5. The number of aromatic nitrogens is 4. The van der Waals surface area contributed by atoms with Crippen molar-refractivity contribution in [3.63, 3.8) is 0 Å². The molecule has 4 heterocycles. The molecule has 0 spiro atoms. The van der Waals surface area contributed by atoms with Gasteiger partial charge in [-0.2, -0.15) is 9.61 Å². The Balaban J connectivity index is 1.17. The molecule has 8 nitrogen and oxygen atoms in total. The molecular weight excluding hydrogens is 512 g/mol. The van der Waals surface area contributed by atoms with Crippen LogP contribution < -0.4 is 5.32 Å². The Morgan fingerprint density at radius 2 is 1.98 bits per heavy atom. The molecule has 1 aliphatic carbocycles. The molecule has 1 N–H and O–H groups in total. The van der Waals surface area contributed by atoms with Crippen LogP contribution in [0.4, 0.5) is 0 Å². The molecule has 0 saturated carbocycles. The Morgan fingerprint density at radius 3 is 2.71 bits per heavy atom. The van der Waals surface area contributed by atoms with Crippen LogP contribution in [-0.4, -0.2) is 69.8 Å². The molecule has 212 valence electrons. The first-order valence-corrected chi connectivity index (χ1v) is 14.6. The van der Waals surface area contributed by atoms with Gasteiger partial charge in [-0.1, -0.05) is 48.6 Å². The number of piperidine rings is 1. The lowest BCUT2D eigenvalue weighted by Gasteiger charge is -2.34. The Hall–Kier alpha value is -3.88. The number of likely N-dealkylation sites (tertiary alicyclic amines) is 1. The van der Waals surface area contributed by atoms with Gasteiger partial charge >= 0.3 is 0 Å². The lowest BCUT2D eigenvalue weighted by atomic mass is 9.90. The van der Waals surface area contributed by atoms with Gasteiger partial charge in [0.15, 0.2) is 11.3 Å². The fraction of sp³-hybridized carbons (Fsp3) is 0.394. The summed E-state index contributed by atoms with van der Waals surface area (Å²) in [6, 6.07) is 14.6. The van der Waals surface area contributed by atoms with E-state index < -0.39 is 0 Å². The number of nitrogens with one attached hydrogen (secondary N) is 1. The fourth-order valence-corrected chi connectivity index (χ4v) is 6.05. The van der Waals surface area contributed by atoms with Crippen LogP contribution in [0, 0.1) is 18.8 Å². The van der Waals surface area contributed by atoms with Crippen LogP contribution in [0.1, 0.15) is 37.6 Å². The summed E-state index contributed by atoms with van der Waals surface area (Å²) in [6.07, 6.45) is 11.6. The summed E-state index contributed by atoms with van der Waals surface area (Å²) in [6.45, 7) is 7.42. The molecule has 3 aromatic heterocycles. The van der Waals surface area contributed by atoms with Crippen molar-refractivity contribution < 1.29 is 9.53 Å². The third kappa shape index (κ3) is 5.94. The van der Waals surface area contributed by atoms with Crippen LogP contribution in [0.5, 0.6) is 0 Å². The van der Waals surface area contributed by atoms with Gasteiger partial charge in [0.25, 0.3) is 0 Å². The summed E-state index contributed by atoms with van der Waals surface area (Å²) in [4.78, 5) is 24.9. The Bertz CT molecular complexity index is 1600. The zero-order valence-corrected chi connectivity index (χ0v) is 24.1. The Kier molecular flexibility index (Phi) is 7.94. The number of pyridine rings is 1. The zero-order valence-electron chi connectivity index (χ0n) is 24.1. The van der Waals surface area contributed by atoms with Crippen LogP contribution >= 0.6 is 0 Å². The minimum atomic E-state index is 0.0461. The van der Waals surface area contributed by atoms with Crippen molar-refractivity contribution in [2.45, 2.75) is 39.2 Å². The maximum absolute atomic E-state index is 12.6. The molecule has 1 fully saturated rings. The van der Waals surface area contributed by atoms with E-state index >= 15 is 0 Å². The number of allylic oxidation sites excluding steroid dienone is 3. The van der Waals surface area contributed by atoms with Gasteiger partial charge in [0.1, 0.15) is 0 Å². The largest absolute Gasteiger partial charge is 0.383 e. The summed E-state index contributed by atoms with van der Waals surface area (Å²) in [5.74, 6) is 0.695. The molecule has 2 aliphatic rings. The molecule has 1 saturated heterocycles. The predicted octanol–water partition coefficient (Wildman–Crippen LogP) is 5.08. The van der Waals surface area contributed by atoms with E-state index in [1.807, 2.05) is 36.7 Å². The summed E-state index contributed by atoms with van der Waals surface area (Å²) < 4.78 is 7.00. The number of aryl methyl sites for hydroxylation is 1. The van der Waals surface area contributed by atoms with Gasteiger partial charge in [-0.3, -0.25) is 4.79 Å². The van der Waals surface area contributed by atoms with E-state index in [9.17, 15) is 4.79 Å². The maximum atomic E-state index is 12.6. The Labute approximate surface area is 241 Å². The van der Waals surface area contributed by atoms with Crippen molar-refractivity contribution in [3.8, 4) is 11.1 Å². The normalized spacial score (nSPS) is 19.0. The van der Waals surface area contributed by atoms with Gasteiger partial charge in [0.05, 0.1) is 18.0 Å². The van der Waals surface area contributed by atoms with E-state index in [1.54, 1.807) is 7.11 Å². The van der Waals surface area contributed by atoms with Gasteiger partial charge < -0.3 is 15.0 Å². The SMILES string of the molecule is COCC(C)NC(=O)C1CCN(CC2C=CC(c3nc4c(cnc5cc(C)nn54)cc3-c3ccccc3)=CC2)CC1. The van der Waals surface area contributed by atoms with E-state index in [1.165, 1.54) is 0 Å². The summed E-state index contributed by atoms with van der Waals surface area (Å²) in [5.41, 5.74) is 6.87. The molecule has 1 aromatic carbocycles. The second-order valence-corrected chi connectivity index (χ2v) is 11.4. The molecule has 0 radical (unpaired) electrons. The molecule has 1 aliphatic heterocycles. The number of methoxy groups -OCH3 is 1. The third-order valence-corrected chi connectivity index (χ3v) is 8.18. The van der Waals surface area contributed by atoms with E-state index in [2.05, 4.69) is 68.9 Å². The zero-order chi connectivity index (χ0) is 28.3. The van der Waals surface area contributed by atoms with Crippen LogP contribution in [-0.2, 0) is 9.53 Å². The number of fused-ring (bicyclic) bond motifs is 3. The van der Waals surface area contributed by atoms with E-state index in [0.717, 1.165) is 83.7 Å². The van der Waals surface area contributed by atoms with Crippen LogP contribution in [0.25, 0.3) is 33.4 Å². The highest BCUT2D eigenvalue weighted by Gasteiger charge is 2.27. The number of ether oxygens (including phenoxy) is 1. The average Bonchev–Trinajstić information content (AvgIpc) is 3.38. The molecule has 2 unspecified atom stereocenters. The van der Waals surface area contributed by atoms with Crippen molar-refractivity contribution in [1.82, 2.24) is 29.8 Å². The van der Waals surface area contributed by atoms with E-state index in [0.29, 0.717) is 12.5 Å². The average molecular weight is 551 g/mol. The van der Waals surface area contributed by atoms with Gasteiger partial charge in [0, 0.05) is 48.8 Å². The highest BCUT2D eigenvalue weighted by Crippen LogP contribution is 2.34. The lowest BCUT2D eigenvalue weighted by molar-refractivity contribution is -0.127. The van der Waals surface area contributed by atoms with Gasteiger partial charge in [-0.15, -0.1) is 0 Å². The predicted molar refractivity (Wildman–Crippen MR) is 162 cm³/mol. The number of hydrogen-bond donors (Lipinski definition) is 1. The summed E-state index contributed by atoms with van der Waals surface area (Å²) >= 11 is 0. The molecule has 1 amide bonds. The van der Waals surface area contributed by atoms with Gasteiger partial charge in [0.2, 0.25) is 5.91 Å². The second-order valence-electron chi connectivity index (χ2n) is 11.4. The number of carbonyl (C=O) groups is 1. The highest BCUT2D eigenvalue weighted by molar-refractivity contribution is 5.91. The number of nitrogens with zero attached hydrogens (tertiary/aromatic N) is 5. The molecule has 0 bridgehead atoms. The first-order chi connectivity index (χ1) is 20.0. The maximum Gasteiger partial charge on any atom is 0.223 e. The van der Waals surface area contributed by atoms with Crippen molar-refractivity contribution in [2.24, 2.45) is 11.8 Å². The van der Waals surface area contributed by atoms with Gasteiger partial charge in [-0.25, -0.2) is 9.97 Å². The smallest absolute Gasteiger partial charge is 0.223 e. The van der Waals surface area contributed by atoms with Crippen LogP contribution in [0.15, 0.2) is 66.9 Å². The van der Waals surface area contributed by atoms with Crippen molar-refractivity contribution in [1.29, 1.82) is 0 Å². The number of rotatable bonds is 8. The molecule has 41 heavy (non-hydrogen) atoms. The first-order valence-electron chi connectivity index (χ1n) is 14.6. The topological polar surface area (TPSA) is 84.6 Å². The number of amides is 1. The third-order valence-electron chi connectivity index (χ3n) is 8.18. The molecule has 4 aromatic rings. The minimum Gasteiger partial charge on any atom is -0.383 e. The van der Waals surface area contributed by atoms with Gasteiger partial charge in [-0.05, 0) is 69.3 Å². The van der Waals surface area contributed by atoms with E-state index in [4.69, 9.17) is 9.72 Å². The summed E-state index contributed by atoms with van der Waals surface area (Å²) in [7, 11) is 1.66. The number of hydrogen-bond acceptors (Lipinski definition) is 6. The van der Waals surface area contributed by atoms with E-state index in [-0.39, 0.29) is 17.9 Å². The standard InChI is InChI=1S/C33H38N6O2/c1-22-17-30-34-19-28-18-29(25-7-5-4-6-8-25)31(36-32(28)39(30)37-22)26-11-9-24(10-12-26)20-38-15-13-27(14-16-38)33(40)35-23(2)21-41-3/h4-9,11-12,17-19,23-24,27H,10,13-16,20-21H2,1-3H3,(H,35,40). The first kappa shape index (κ1) is 27.3. The molecule has 6 rings (SSSR count).